The Bertz CT molecular complexity index is 789. The van der Waals surface area contributed by atoms with Crippen LogP contribution in [-0.4, -0.2) is 61.3 Å². The van der Waals surface area contributed by atoms with E-state index in [1.807, 2.05) is 59.5 Å². The van der Waals surface area contributed by atoms with Gasteiger partial charge in [0.15, 0.2) is 0 Å². The van der Waals surface area contributed by atoms with Crippen LogP contribution >= 0.6 is 11.6 Å². The second kappa shape index (κ2) is 10.3. The van der Waals surface area contributed by atoms with E-state index in [-0.39, 0.29) is 12.5 Å². The van der Waals surface area contributed by atoms with Gasteiger partial charge in [0.1, 0.15) is 25.0 Å². The van der Waals surface area contributed by atoms with Crippen LogP contribution < -0.4 is 9.64 Å². The summed E-state index contributed by atoms with van der Waals surface area (Å²) in [6.07, 6.45) is 2.86. The van der Waals surface area contributed by atoms with Crippen molar-refractivity contribution in [2.24, 2.45) is 0 Å². The number of para-hydroxylation sites is 1. The van der Waals surface area contributed by atoms with Crippen molar-refractivity contribution in [2.75, 3.05) is 39.3 Å². The Balaban J connectivity index is 1.39. The molecule has 0 unspecified atom stereocenters. The smallest absolute Gasteiger partial charge is 0.246 e. The zero-order valence-electron chi connectivity index (χ0n) is 15.8. The highest BCUT2D eigenvalue weighted by molar-refractivity contribution is 6.30. The Kier molecular flexibility index (Phi) is 7.48. The van der Waals surface area contributed by atoms with E-state index in [1.54, 1.807) is 12.2 Å². The summed E-state index contributed by atoms with van der Waals surface area (Å²) in [4.78, 5) is 15.5. The molecule has 1 fully saturated rings. The van der Waals surface area contributed by atoms with Crippen LogP contribution in [0.2, 0.25) is 5.02 Å². The van der Waals surface area contributed by atoms with Crippen LogP contribution in [0.15, 0.2) is 60.7 Å². The predicted molar refractivity (Wildman–Crippen MR) is 111 cm³/mol. The number of carbonyl (C=O) groups is 1. The number of nitrogens with one attached hydrogen (secondary N) is 1. The van der Waals surface area contributed by atoms with Gasteiger partial charge in [-0.2, -0.15) is 0 Å². The molecule has 1 aliphatic heterocycles. The van der Waals surface area contributed by atoms with E-state index in [0.717, 1.165) is 24.4 Å². The first kappa shape index (κ1) is 20.4. The molecule has 1 heterocycles. The predicted octanol–water partition coefficient (Wildman–Crippen LogP) is 1.52. The summed E-state index contributed by atoms with van der Waals surface area (Å²) in [5.41, 5.74) is 0.909. The van der Waals surface area contributed by atoms with E-state index in [0.29, 0.717) is 24.7 Å². The Labute approximate surface area is 170 Å². The number of rotatable bonds is 7. The van der Waals surface area contributed by atoms with Gasteiger partial charge in [-0.1, -0.05) is 41.9 Å². The van der Waals surface area contributed by atoms with Crippen LogP contribution in [0.25, 0.3) is 6.08 Å². The monoisotopic (exact) mass is 401 g/mol. The van der Waals surface area contributed by atoms with Crippen LogP contribution in [0.4, 0.5) is 0 Å². The van der Waals surface area contributed by atoms with Gasteiger partial charge in [0.25, 0.3) is 0 Å². The minimum atomic E-state index is -0.528. The van der Waals surface area contributed by atoms with E-state index in [2.05, 4.69) is 0 Å². The van der Waals surface area contributed by atoms with Crippen molar-refractivity contribution in [2.45, 2.75) is 6.10 Å². The number of ether oxygens (including phenoxy) is 1. The lowest BCUT2D eigenvalue weighted by Gasteiger charge is -2.32. The van der Waals surface area contributed by atoms with Gasteiger partial charge in [0.2, 0.25) is 5.91 Å². The van der Waals surface area contributed by atoms with Gasteiger partial charge < -0.3 is 19.6 Å². The number of hydrogen-bond donors (Lipinski definition) is 2. The Hall–Kier alpha value is -2.34. The Morgan fingerprint density at radius 2 is 1.93 bits per heavy atom. The fourth-order valence-corrected chi connectivity index (χ4v) is 3.43. The van der Waals surface area contributed by atoms with Crippen LogP contribution in [-0.2, 0) is 4.79 Å². The standard InChI is InChI=1S/C22H25ClN2O3/c23-19-6-4-5-18(15-19)9-10-22(27)25-13-11-24(12-14-25)16-20(26)17-28-21-7-2-1-3-8-21/h1-10,15,20,26H,11-14,16-17H2/p+1/b10-9+/t20-/m1/s1. The number of quaternary nitrogens is 1. The molecule has 0 aromatic heterocycles. The van der Waals surface area contributed by atoms with Crippen LogP contribution in [0, 0.1) is 0 Å². The SMILES string of the molecule is O=C(/C=C/c1cccc(Cl)c1)N1CC[NH+](C[C@@H](O)COc2ccccc2)CC1. The number of amides is 1. The average Bonchev–Trinajstić information content (AvgIpc) is 2.72. The molecular formula is C22H26ClN2O3+. The molecule has 6 heteroatoms. The largest absolute Gasteiger partial charge is 0.491 e. The summed E-state index contributed by atoms with van der Waals surface area (Å²) in [6, 6.07) is 16.9. The molecule has 0 saturated carbocycles. The van der Waals surface area contributed by atoms with Crippen molar-refractivity contribution >= 4 is 23.6 Å². The highest BCUT2D eigenvalue weighted by Crippen LogP contribution is 2.12. The van der Waals surface area contributed by atoms with E-state index in [4.69, 9.17) is 16.3 Å². The number of halogens is 1. The summed E-state index contributed by atoms with van der Waals surface area (Å²) in [5.74, 6) is 0.769. The lowest BCUT2D eigenvalue weighted by atomic mass is 10.2. The second-order valence-electron chi connectivity index (χ2n) is 6.95. The first-order chi connectivity index (χ1) is 13.6. The number of carbonyl (C=O) groups excluding carboxylic acids is 1. The molecule has 5 nitrogen and oxygen atoms in total. The molecule has 1 atom stereocenters. The minimum Gasteiger partial charge on any atom is -0.491 e. The number of aliphatic hydroxyl groups excluding tert-OH is 1. The molecule has 2 N–H and O–H groups in total. The average molecular weight is 402 g/mol. The number of nitrogens with zero attached hydrogens (tertiary/aromatic N) is 1. The van der Waals surface area contributed by atoms with E-state index in [9.17, 15) is 9.90 Å². The van der Waals surface area contributed by atoms with E-state index >= 15 is 0 Å². The van der Waals surface area contributed by atoms with E-state index < -0.39 is 6.10 Å². The van der Waals surface area contributed by atoms with Gasteiger partial charge in [-0.25, -0.2) is 0 Å². The molecule has 1 amide bonds. The lowest BCUT2D eigenvalue weighted by Crippen LogP contribution is -3.15. The molecule has 28 heavy (non-hydrogen) atoms. The van der Waals surface area contributed by atoms with Gasteiger partial charge in [0.05, 0.1) is 26.2 Å². The summed E-state index contributed by atoms with van der Waals surface area (Å²) in [7, 11) is 0. The maximum absolute atomic E-state index is 12.4. The van der Waals surface area contributed by atoms with Crippen LogP contribution in [0.5, 0.6) is 5.75 Å². The zero-order valence-corrected chi connectivity index (χ0v) is 16.5. The van der Waals surface area contributed by atoms with Crippen molar-refractivity contribution in [3.05, 3.63) is 71.3 Å². The molecule has 2 aromatic rings. The summed E-state index contributed by atoms with van der Waals surface area (Å²) < 4.78 is 5.60. The Morgan fingerprint density at radius 1 is 1.18 bits per heavy atom. The lowest BCUT2D eigenvalue weighted by molar-refractivity contribution is -0.907. The third-order valence-corrected chi connectivity index (χ3v) is 4.99. The van der Waals surface area contributed by atoms with Crippen molar-refractivity contribution in [3.63, 3.8) is 0 Å². The molecule has 3 rings (SSSR count). The van der Waals surface area contributed by atoms with Crippen molar-refractivity contribution in [3.8, 4) is 5.75 Å². The summed E-state index contributed by atoms with van der Waals surface area (Å²) in [5, 5.41) is 10.9. The molecule has 1 saturated heterocycles. The zero-order chi connectivity index (χ0) is 19.8. The van der Waals surface area contributed by atoms with Gasteiger partial charge in [0, 0.05) is 11.1 Å². The fraction of sp³-hybridized carbons (Fsp3) is 0.318. The highest BCUT2D eigenvalue weighted by atomic mass is 35.5. The minimum absolute atomic E-state index is 0.00647. The molecule has 2 aromatic carbocycles. The first-order valence-corrected chi connectivity index (χ1v) is 9.90. The second-order valence-corrected chi connectivity index (χ2v) is 7.38. The number of piperazine rings is 1. The van der Waals surface area contributed by atoms with Gasteiger partial charge in [-0.05, 0) is 35.9 Å². The van der Waals surface area contributed by atoms with Crippen molar-refractivity contribution in [1.29, 1.82) is 0 Å². The fourth-order valence-electron chi connectivity index (χ4n) is 3.23. The normalized spacial score (nSPS) is 16.3. The van der Waals surface area contributed by atoms with Crippen molar-refractivity contribution < 1.29 is 19.5 Å². The van der Waals surface area contributed by atoms with Gasteiger partial charge >= 0.3 is 0 Å². The van der Waals surface area contributed by atoms with Gasteiger partial charge in [-0.3, -0.25) is 4.79 Å². The topological polar surface area (TPSA) is 54.2 Å². The number of aliphatic hydroxyl groups is 1. The molecule has 1 aliphatic rings. The summed E-state index contributed by atoms with van der Waals surface area (Å²) >= 11 is 5.96. The number of benzene rings is 2. The Morgan fingerprint density at radius 3 is 2.64 bits per heavy atom. The molecular weight excluding hydrogens is 376 g/mol. The third-order valence-electron chi connectivity index (χ3n) is 4.76. The maximum atomic E-state index is 12.4. The highest BCUT2D eigenvalue weighted by Gasteiger charge is 2.24. The number of hydrogen-bond acceptors (Lipinski definition) is 3. The molecule has 0 bridgehead atoms. The third kappa shape index (κ3) is 6.37. The quantitative estimate of drug-likeness (QED) is 0.692. The first-order valence-electron chi connectivity index (χ1n) is 9.52. The van der Waals surface area contributed by atoms with Gasteiger partial charge in [-0.15, -0.1) is 0 Å². The van der Waals surface area contributed by atoms with Crippen LogP contribution in [0.3, 0.4) is 0 Å². The van der Waals surface area contributed by atoms with Crippen LogP contribution in [0.1, 0.15) is 5.56 Å². The maximum Gasteiger partial charge on any atom is 0.246 e. The van der Waals surface area contributed by atoms with E-state index in [1.165, 1.54) is 4.90 Å². The molecule has 0 spiro atoms. The van der Waals surface area contributed by atoms with Crippen molar-refractivity contribution in [1.82, 2.24) is 4.90 Å². The molecule has 0 aliphatic carbocycles. The molecule has 0 radical (unpaired) electrons. The summed E-state index contributed by atoms with van der Waals surface area (Å²) in [6.45, 7) is 3.89. The molecule has 148 valence electrons.